The Morgan fingerprint density at radius 3 is 2.09 bits per heavy atom. The van der Waals surface area contributed by atoms with Gasteiger partial charge in [-0.1, -0.05) is 75.4 Å². The van der Waals surface area contributed by atoms with Crippen molar-refractivity contribution in [1.82, 2.24) is 5.32 Å². The number of anilines is 1. The number of benzene rings is 3. The van der Waals surface area contributed by atoms with E-state index in [9.17, 15) is 19.5 Å². The fourth-order valence-corrected chi connectivity index (χ4v) is 4.38. The third-order valence-corrected chi connectivity index (χ3v) is 6.11. The summed E-state index contributed by atoms with van der Waals surface area (Å²) in [5.74, 6) is -1.65. The van der Waals surface area contributed by atoms with Gasteiger partial charge in [0.2, 0.25) is 5.91 Å². The van der Waals surface area contributed by atoms with Gasteiger partial charge in [-0.3, -0.25) is 4.79 Å². The molecule has 0 aliphatic heterocycles. The SMILES string of the molecule is CC(C)(C)[C@@H](NC(=O)OCC1c2ccccc2-c2ccccc21)C(=O)Nc1cccc(C(=O)O)c1. The average molecular weight is 473 g/mol. The van der Waals surface area contributed by atoms with Crippen LogP contribution in [0.15, 0.2) is 72.8 Å². The average Bonchev–Trinajstić information content (AvgIpc) is 3.14. The molecule has 1 aliphatic carbocycles. The van der Waals surface area contributed by atoms with Crippen molar-refractivity contribution in [3.8, 4) is 11.1 Å². The Morgan fingerprint density at radius 2 is 1.51 bits per heavy atom. The van der Waals surface area contributed by atoms with Crippen molar-refractivity contribution < 1.29 is 24.2 Å². The number of rotatable bonds is 6. The lowest BCUT2D eigenvalue weighted by atomic mass is 9.86. The Kier molecular flexibility index (Phi) is 6.60. The number of amides is 2. The summed E-state index contributed by atoms with van der Waals surface area (Å²) < 4.78 is 5.61. The molecular formula is C28H28N2O5. The minimum atomic E-state index is -1.09. The van der Waals surface area contributed by atoms with Gasteiger partial charge in [0.15, 0.2) is 0 Å². The maximum atomic E-state index is 13.0. The molecule has 0 unspecified atom stereocenters. The zero-order valence-corrected chi connectivity index (χ0v) is 19.9. The number of hydrogen-bond donors (Lipinski definition) is 3. The van der Waals surface area contributed by atoms with Crippen LogP contribution in [0, 0.1) is 5.41 Å². The molecule has 3 aromatic rings. The van der Waals surface area contributed by atoms with Gasteiger partial charge in [-0.05, 0) is 45.9 Å². The Hall–Kier alpha value is -4.13. The van der Waals surface area contributed by atoms with Crippen molar-refractivity contribution in [2.75, 3.05) is 11.9 Å². The highest BCUT2D eigenvalue weighted by atomic mass is 16.5. The monoisotopic (exact) mass is 472 g/mol. The topological polar surface area (TPSA) is 105 Å². The molecular weight excluding hydrogens is 444 g/mol. The predicted molar refractivity (Wildman–Crippen MR) is 133 cm³/mol. The van der Waals surface area contributed by atoms with Gasteiger partial charge < -0.3 is 20.5 Å². The second kappa shape index (κ2) is 9.62. The second-order valence-corrected chi connectivity index (χ2v) is 9.64. The van der Waals surface area contributed by atoms with Crippen LogP contribution in [-0.2, 0) is 9.53 Å². The first kappa shape index (κ1) is 24.0. The van der Waals surface area contributed by atoms with E-state index in [1.807, 2.05) is 57.2 Å². The van der Waals surface area contributed by atoms with E-state index in [0.29, 0.717) is 5.69 Å². The second-order valence-electron chi connectivity index (χ2n) is 9.64. The van der Waals surface area contributed by atoms with Crippen LogP contribution >= 0.6 is 0 Å². The van der Waals surface area contributed by atoms with Gasteiger partial charge in [-0.25, -0.2) is 9.59 Å². The third-order valence-electron chi connectivity index (χ3n) is 6.11. The molecule has 4 rings (SSSR count). The molecule has 35 heavy (non-hydrogen) atoms. The van der Waals surface area contributed by atoms with Gasteiger partial charge in [0.05, 0.1) is 5.56 Å². The van der Waals surface area contributed by atoms with Crippen LogP contribution in [0.4, 0.5) is 10.5 Å². The third kappa shape index (κ3) is 5.19. The van der Waals surface area contributed by atoms with E-state index in [1.54, 1.807) is 12.1 Å². The molecule has 0 saturated carbocycles. The summed E-state index contributed by atoms with van der Waals surface area (Å²) in [5, 5.41) is 14.6. The first-order valence-corrected chi connectivity index (χ1v) is 11.4. The molecule has 7 nitrogen and oxygen atoms in total. The number of ether oxygens (including phenoxy) is 1. The molecule has 2 amide bonds. The molecule has 1 aliphatic rings. The molecule has 0 aromatic heterocycles. The standard InChI is InChI=1S/C28H28N2O5/c1-28(2,3)24(25(31)29-18-10-8-9-17(15-18)26(32)33)30-27(34)35-16-23-21-13-6-4-11-19(21)20-12-5-7-14-22(20)23/h4-15,23-24H,16H2,1-3H3,(H,29,31)(H,30,34)(H,32,33)/t24-/m0/s1. The van der Waals surface area contributed by atoms with E-state index < -0.39 is 29.4 Å². The van der Waals surface area contributed by atoms with Crippen LogP contribution in [0.25, 0.3) is 11.1 Å². The largest absolute Gasteiger partial charge is 0.478 e. The Bertz CT molecular complexity index is 1230. The zero-order valence-electron chi connectivity index (χ0n) is 19.9. The number of carboxylic acids is 1. The van der Waals surface area contributed by atoms with Crippen molar-refractivity contribution in [2.24, 2.45) is 5.41 Å². The molecule has 3 N–H and O–H groups in total. The Morgan fingerprint density at radius 1 is 0.914 bits per heavy atom. The summed E-state index contributed by atoms with van der Waals surface area (Å²) in [6, 6.07) is 21.2. The summed E-state index contributed by atoms with van der Waals surface area (Å²) in [6.07, 6.45) is -0.693. The molecule has 0 heterocycles. The van der Waals surface area contributed by atoms with E-state index in [1.165, 1.54) is 12.1 Å². The number of carboxylic acid groups (broad SMARTS) is 1. The lowest BCUT2D eigenvalue weighted by Crippen LogP contribution is -2.51. The lowest BCUT2D eigenvalue weighted by molar-refractivity contribution is -0.120. The summed E-state index contributed by atoms with van der Waals surface area (Å²) in [4.78, 5) is 37.1. The first-order valence-electron chi connectivity index (χ1n) is 11.4. The number of hydrogen-bond acceptors (Lipinski definition) is 4. The van der Waals surface area contributed by atoms with Crippen LogP contribution < -0.4 is 10.6 Å². The highest BCUT2D eigenvalue weighted by Gasteiger charge is 2.34. The van der Waals surface area contributed by atoms with Crippen LogP contribution in [0.2, 0.25) is 0 Å². The molecule has 0 bridgehead atoms. The van der Waals surface area contributed by atoms with E-state index in [4.69, 9.17) is 4.74 Å². The molecule has 0 fully saturated rings. The lowest BCUT2D eigenvalue weighted by Gasteiger charge is -2.30. The highest BCUT2D eigenvalue weighted by Crippen LogP contribution is 2.44. The summed E-state index contributed by atoms with van der Waals surface area (Å²) >= 11 is 0. The smallest absolute Gasteiger partial charge is 0.407 e. The van der Waals surface area contributed by atoms with Crippen molar-refractivity contribution in [3.05, 3.63) is 89.5 Å². The fourth-order valence-electron chi connectivity index (χ4n) is 4.38. The van der Waals surface area contributed by atoms with Crippen molar-refractivity contribution in [3.63, 3.8) is 0 Å². The van der Waals surface area contributed by atoms with Gasteiger partial charge >= 0.3 is 12.1 Å². The van der Waals surface area contributed by atoms with Gasteiger partial charge in [0.25, 0.3) is 0 Å². The van der Waals surface area contributed by atoms with E-state index in [2.05, 4.69) is 22.8 Å². The number of alkyl carbamates (subject to hydrolysis) is 1. The maximum Gasteiger partial charge on any atom is 0.407 e. The summed E-state index contributed by atoms with van der Waals surface area (Å²) in [7, 11) is 0. The normalized spacial score (nSPS) is 13.3. The zero-order chi connectivity index (χ0) is 25.2. The molecule has 1 atom stereocenters. The molecule has 3 aromatic carbocycles. The highest BCUT2D eigenvalue weighted by molar-refractivity contribution is 5.98. The number of aromatic carboxylic acids is 1. The molecule has 0 radical (unpaired) electrons. The number of carbonyl (C=O) groups is 3. The predicted octanol–water partition coefficient (Wildman–Crippen LogP) is 5.28. The minimum Gasteiger partial charge on any atom is -0.478 e. The van der Waals surface area contributed by atoms with Crippen LogP contribution in [-0.4, -0.2) is 35.7 Å². The van der Waals surface area contributed by atoms with Gasteiger partial charge in [0, 0.05) is 11.6 Å². The Balaban J connectivity index is 1.45. The van der Waals surface area contributed by atoms with Crippen molar-refractivity contribution in [2.45, 2.75) is 32.7 Å². The van der Waals surface area contributed by atoms with Gasteiger partial charge in [0.1, 0.15) is 12.6 Å². The molecule has 7 heteroatoms. The van der Waals surface area contributed by atoms with E-state index in [-0.39, 0.29) is 18.1 Å². The maximum absolute atomic E-state index is 13.0. The number of fused-ring (bicyclic) bond motifs is 3. The van der Waals surface area contributed by atoms with Crippen molar-refractivity contribution >= 4 is 23.7 Å². The van der Waals surface area contributed by atoms with Gasteiger partial charge in [-0.2, -0.15) is 0 Å². The summed E-state index contributed by atoms with van der Waals surface area (Å²) in [6.45, 7) is 5.62. The number of carbonyl (C=O) groups excluding carboxylic acids is 2. The number of nitrogens with one attached hydrogen (secondary N) is 2. The van der Waals surface area contributed by atoms with Crippen molar-refractivity contribution in [1.29, 1.82) is 0 Å². The Labute approximate surface area is 204 Å². The molecule has 180 valence electrons. The van der Waals surface area contributed by atoms with Crippen LogP contribution in [0.1, 0.15) is 48.2 Å². The van der Waals surface area contributed by atoms with Gasteiger partial charge in [-0.15, -0.1) is 0 Å². The van der Waals surface area contributed by atoms with Crippen LogP contribution in [0.5, 0.6) is 0 Å². The van der Waals surface area contributed by atoms with E-state index in [0.717, 1.165) is 22.3 Å². The summed E-state index contributed by atoms with van der Waals surface area (Å²) in [5.41, 5.74) is 4.23. The first-order chi connectivity index (χ1) is 16.6. The quantitative estimate of drug-likeness (QED) is 0.453. The van der Waals surface area contributed by atoms with E-state index >= 15 is 0 Å². The van der Waals surface area contributed by atoms with Crippen LogP contribution in [0.3, 0.4) is 0 Å². The molecule has 0 saturated heterocycles. The molecule has 0 spiro atoms. The fraction of sp³-hybridized carbons (Fsp3) is 0.250. The minimum absolute atomic E-state index is 0.0552.